The highest BCUT2D eigenvalue weighted by Gasteiger charge is 2.11. The van der Waals surface area contributed by atoms with Crippen LogP contribution in [0.4, 0.5) is 0 Å². The molecule has 2 aromatic rings. The molecule has 17 heavy (non-hydrogen) atoms. The lowest BCUT2D eigenvalue weighted by Gasteiger charge is -2.06. The molecule has 0 saturated carbocycles. The maximum atomic E-state index is 6.22. The summed E-state index contributed by atoms with van der Waals surface area (Å²) in [7, 11) is 0. The molecule has 0 amide bonds. The van der Waals surface area contributed by atoms with Gasteiger partial charge in [-0.25, -0.2) is 0 Å². The van der Waals surface area contributed by atoms with Crippen molar-refractivity contribution in [2.45, 2.75) is 13.5 Å². The van der Waals surface area contributed by atoms with Crippen molar-refractivity contribution < 1.29 is 0 Å². The number of benzene rings is 1. The fraction of sp³-hybridized carbons (Fsp3) is 0.167. The molecule has 0 spiro atoms. The van der Waals surface area contributed by atoms with Gasteiger partial charge in [-0.3, -0.25) is 9.67 Å². The summed E-state index contributed by atoms with van der Waals surface area (Å²) in [5.41, 5.74) is 1.98. The summed E-state index contributed by atoms with van der Waals surface area (Å²) in [6.45, 7) is 6.31. The average molecular weight is 266 g/mol. The van der Waals surface area contributed by atoms with Crippen molar-refractivity contribution in [2.75, 3.05) is 0 Å². The minimum absolute atomic E-state index is 0.566. The Morgan fingerprint density at radius 2 is 2.35 bits per heavy atom. The van der Waals surface area contributed by atoms with E-state index >= 15 is 0 Å². The molecule has 1 aromatic heterocycles. The molecule has 0 fully saturated rings. The summed E-state index contributed by atoms with van der Waals surface area (Å²) >= 11 is 11.4. The molecular weight excluding hydrogens is 254 g/mol. The Bertz CT molecular complexity index is 612. The lowest BCUT2D eigenvalue weighted by atomic mass is 10.1. The topological polar surface area (TPSA) is 33.6 Å². The lowest BCUT2D eigenvalue weighted by Crippen LogP contribution is -1.99. The first-order valence-electron chi connectivity index (χ1n) is 5.16. The zero-order chi connectivity index (χ0) is 12.4. The van der Waals surface area contributed by atoms with Crippen molar-refractivity contribution in [1.82, 2.24) is 14.8 Å². The van der Waals surface area contributed by atoms with Crippen molar-refractivity contribution in [3.8, 4) is 11.4 Å². The first-order chi connectivity index (χ1) is 8.13. The predicted octanol–water partition coefficient (Wildman–Crippen LogP) is 3.76. The van der Waals surface area contributed by atoms with E-state index in [9.17, 15) is 0 Å². The van der Waals surface area contributed by atoms with Gasteiger partial charge in [0.2, 0.25) is 0 Å². The number of aryl methyl sites for hydroxylation is 1. The third-order valence-corrected chi connectivity index (χ3v) is 3.06. The van der Waals surface area contributed by atoms with E-state index in [1.54, 1.807) is 6.08 Å². The number of hydrogen-bond acceptors (Lipinski definition) is 2. The number of halogens is 1. The van der Waals surface area contributed by atoms with Crippen LogP contribution in [0.15, 0.2) is 30.9 Å². The van der Waals surface area contributed by atoms with Gasteiger partial charge >= 0.3 is 0 Å². The number of rotatable bonds is 3. The van der Waals surface area contributed by atoms with E-state index in [0.717, 1.165) is 17.0 Å². The van der Waals surface area contributed by atoms with E-state index < -0.39 is 0 Å². The summed E-state index contributed by atoms with van der Waals surface area (Å²) in [6, 6.07) is 5.85. The Balaban J connectivity index is 2.60. The minimum Gasteiger partial charge on any atom is -0.296 e. The lowest BCUT2D eigenvalue weighted by molar-refractivity contribution is 0.814. The van der Waals surface area contributed by atoms with Crippen LogP contribution in [-0.4, -0.2) is 14.8 Å². The molecule has 3 nitrogen and oxygen atoms in total. The fourth-order valence-electron chi connectivity index (χ4n) is 1.62. The average Bonchev–Trinajstić information content (AvgIpc) is 2.62. The quantitative estimate of drug-likeness (QED) is 0.677. The van der Waals surface area contributed by atoms with Crippen molar-refractivity contribution in [3.63, 3.8) is 0 Å². The highest BCUT2D eigenvalue weighted by molar-refractivity contribution is 7.71. The second-order valence-corrected chi connectivity index (χ2v) is 4.53. The first-order valence-corrected chi connectivity index (χ1v) is 5.94. The fourth-order valence-corrected chi connectivity index (χ4v) is 2.15. The van der Waals surface area contributed by atoms with Crippen LogP contribution in [0, 0.1) is 11.7 Å². The van der Waals surface area contributed by atoms with Crippen LogP contribution in [0.3, 0.4) is 0 Å². The highest BCUT2D eigenvalue weighted by Crippen LogP contribution is 2.27. The second-order valence-electron chi connectivity index (χ2n) is 3.73. The molecule has 1 heterocycles. The highest BCUT2D eigenvalue weighted by atomic mass is 35.5. The van der Waals surface area contributed by atoms with Crippen molar-refractivity contribution >= 4 is 23.8 Å². The van der Waals surface area contributed by atoms with Crippen LogP contribution in [-0.2, 0) is 6.54 Å². The van der Waals surface area contributed by atoms with Crippen molar-refractivity contribution in [2.24, 2.45) is 0 Å². The minimum atomic E-state index is 0.566. The summed E-state index contributed by atoms with van der Waals surface area (Å²) in [5.74, 6) is 0.736. The van der Waals surface area contributed by atoms with E-state index in [-0.39, 0.29) is 0 Å². The molecule has 88 valence electrons. The molecular formula is C12H12ClN3S. The Hall–Kier alpha value is -1.39. The molecule has 0 aliphatic rings. The molecule has 1 aromatic carbocycles. The number of aromatic nitrogens is 3. The number of nitrogens with zero attached hydrogens (tertiary/aromatic N) is 2. The van der Waals surface area contributed by atoms with E-state index in [1.807, 2.05) is 29.7 Å². The van der Waals surface area contributed by atoms with Crippen molar-refractivity contribution in [1.29, 1.82) is 0 Å². The normalized spacial score (nSPS) is 10.5. The van der Waals surface area contributed by atoms with Crippen molar-refractivity contribution in [3.05, 3.63) is 46.2 Å². The van der Waals surface area contributed by atoms with Gasteiger partial charge in [0.1, 0.15) is 0 Å². The van der Waals surface area contributed by atoms with Crippen LogP contribution >= 0.6 is 23.8 Å². The van der Waals surface area contributed by atoms with Gasteiger partial charge in [-0.2, -0.15) is 5.10 Å². The molecule has 0 bridgehead atoms. The third kappa shape index (κ3) is 2.33. The largest absolute Gasteiger partial charge is 0.296 e. The van der Waals surface area contributed by atoms with Gasteiger partial charge in [-0.15, -0.1) is 6.58 Å². The molecule has 2 rings (SSSR count). The van der Waals surface area contributed by atoms with E-state index in [2.05, 4.69) is 16.8 Å². The molecule has 5 heteroatoms. The molecule has 0 unspecified atom stereocenters. The van der Waals surface area contributed by atoms with Gasteiger partial charge in [0, 0.05) is 12.1 Å². The predicted molar refractivity (Wildman–Crippen MR) is 72.8 cm³/mol. The van der Waals surface area contributed by atoms with Gasteiger partial charge < -0.3 is 0 Å². The molecule has 0 radical (unpaired) electrons. The van der Waals surface area contributed by atoms with E-state index in [1.165, 1.54) is 0 Å². The second kappa shape index (κ2) is 4.85. The SMILES string of the molecule is C=CCn1c(-c2ccc(C)cc2Cl)n[nH]c1=S. The molecule has 0 aliphatic heterocycles. The standard InChI is InChI=1S/C12H12ClN3S/c1-3-6-16-11(14-15-12(16)17)9-5-4-8(2)7-10(9)13/h3-5,7H,1,6H2,2H3,(H,15,17). The first kappa shape index (κ1) is 12.1. The Labute approximate surface area is 110 Å². The summed E-state index contributed by atoms with van der Waals surface area (Å²) in [5, 5.41) is 7.65. The van der Waals surface area contributed by atoms with Gasteiger partial charge in [0.25, 0.3) is 0 Å². The maximum absolute atomic E-state index is 6.22. The third-order valence-electron chi connectivity index (χ3n) is 2.44. The van der Waals surface area contributed by atoms with Gasteiger partial charge in [0.05, 0.1) is 5.02 Å². The van der Waals surface area contributed by atoms with Gasteiger partial charge in [-0.1, -0.05) is 23.7 Å². The molecule has 0 atom stereocenters. The Morgan fingerprint density at radius 1 is 1.59 bits per heavy atom. The Kier molecular flexibility index (Phi) is 3.45. The number of allylic oxidation sites excluding steroid dienone is 1. The van der Waals surface area contributed by atoms with Crippen LogP contribution in [0.25, 0.3) is 11.4 Å². The van der Waals surface area contributed by atoms with Crippen LogP contribution in [0.5, 0.6) is 0 Å². The zero-order valence-electron chi connectivity index (χ0n) is 9.40. The Morgan fingerprint density at radius 3 is 3.00 bits per heavy atom. The summed E-state index contributed by atoms with van der Waals surface area (Å²) in [6.07, 6.45) is 1.77. The van der Waals surface area contributed by atoms with Crippen LogP contribution < -0.4 is 0 Å². The van der Waals surface area contributed by atoms with Gasteiger partial charge in [0.15, 0.2) is 10.6 Å². The zero-order valence-corrected chi connectivity index (χ0v) is 11.0. The number of H-pyrrole nitrogens is 1. The number of aromatic amines is 1. The molecule has 0 aliphatic carbocycles. The number of nitrogens with one attached hydrogen (secondary N) is 1. The van der Waals surface area contributed by atoms with Gasteiger partial charge in [-0.05, 0) is 36.8 Å². The summed E-state index contributed by atoms with van der Waals surface area (Å²) < 4.78 is 2.43. The molecule has 1 N–H and O–H groups in total. The van der Waals surface area contributed by atoms with Crippen LogP contribution in [0.2, 0.25) is 5.02 Å². The number of hydrogen-bond donors (Lipinski definition) is 1. The monoisotopic (exact) mass is 265 g/mol. The summed E-state index contributed by atoms with van der Waals surface area (Å²) in [4.78, 5) is 0. The van der Waals surface area contributed by atoms with E-state index in [0.29, 0.717) is 16.3 Å². The maximum Gasteiger partial charge on any atom is 0.195 e. The molecule has 0 saturated heterocycles. The van der Waals surface area contributed by atoms with Crippen LogP contribution in [0.1, 0.15) is 5.56 Å². The smallest absolute Gasteiger partial charge is 0.195 e. The van der Waals surface area contributed by atoms with E-state index in [4.69, 9.17) is 23.8 Å².